The molecule has 5 nitrogen and oxygen atoms in total. The monoisotopic (exact) mass is 267 g/mol. The molecule has 0 aliphatic rings. The molecule has 19 heavy (non-hydrogen) atoms. The molecule has 0 aromatic carbocycles. The van der Waals surface area contributed by atoms with Crippen LogP contribution in [0.3, 0.4) is 0 Å². The summed E-state index contributed by atoms with van der Waals surface area (Å²) in [5.41, 5.74) is 1.90. The third-order valence-corrected chi connectivity index (χ3v) is 2.61. The first-order valence-electron chi connectivity index (χ1n) is 6.69. The van der Waals surface area contributed by atoms with Crippen LogP contribution in [0.15, 0.2) is 6.07 Å². The summed E-state index contributed by atoms with van der Waals surface area (Å²) in [6.07, 6.45) is 0.864. The summed E-state index contributed by atoms with van der Waals surface area (Å²) in [5.74, 6) is -0.0664. The first-order chi connectivity index (χ1) is 8.78. The molecule has 1 aromatic rings. The number of nitrogens with one attached hydrogen (secondary N) is 1. The number of ether oxygens (including phenoxy) is 1. The van der Waals surface area contributed by atoms with Crippen LogP contribution in [0.1, 0.15) is 38.6 Å². The van der Waals surface area contributed by atoms with Crippen LogP contribution in [0.4, 0.5) is 0 Å². The molecule has 0 aliphatic heterocycles. The van der Waals surface area contributed by atoms with Gasteiger partial charge in [-0.3, -0.25) is 9.48 Å². The number of carbonyl (C=O) groups excluding carboxylic acids is 1. The molecule has 0 radical (unpaired) electrons. The molecule has 0 spiro atoms. The predicted molar refractivity (Wildman–Crippen MR) is 75.0 cm³/mol. The summed E-state index contributed by atoms with van der Waals surface area (Å²) in [4.78, 5) is 11.5. The Labute approximate surface area is 115 Å². The number of rotatable bonds is 6. The summed E-state index contributed by atoms with van der Waals surface area (Å²) >= 11 is 0. The van der Waals surface area contributed by atoms with Crippen LogP contribution in [-0.2, 0) is 16.1 Å². The van der Waals surface area contributed by atoms with Gasteiger partial charge in [0.15, 0.2) is 0 Å². The van der Waals surface area contributed by atoms with Crippen LogP contribution < -0.4 is 5.32 Å². The van der Waals surface area contributed by atoms with Crippen molar-refractivity contribution in [2.75, 3.05) is 13.2 Å². The predicted octanol–water partition coefficient (Wildman–Crippen LogP) is 1.82. The van der Waals surface area contributed by atoms with Crippen LogP contribution in [0.5, 0.6) is 0 Å². The van der Waals surface area contributed by atoms with Gasteiger partial charge in [-0.15, -0.1) is 0 Å². The van der Waals surface area contributed by atoms with Crippen molar-refractivity contribution < 1.29 is 9.53 Å². The molecular weight excluding hydrogens is 242 g/mol. The highest BCUT2D eigenvalue weighted by Gasteiger charge is 2.12. The molecule has 1 aromatic heterocycles. The number of carbonyl (C=O) groups is 1. The highest BCUT2D eigenvalue weighted by Crippen LogP contribution is 2.05. The highest BCUT2D eigenvalue weighted by molar-refractivity contribution is 5.77. The lowest BCUT2D eigenvalue weighted by Crippen LogP contribution is -2.33. The van der Waals surface area contributed by atoms with Crippen molar-refractivity contribution in [3.05, 3.63) is 17.5 Å². The molecule has 1 amide bonds. The van der Waals surface area contributed by atoms with E-state index in [2.05, 4.69) is 16.5 Å². The van der Waals surface area contributed by atoms with E-state index in [-0.39, 0.29) is 18.1 Å². The normalized spacial score (nSPS) is 11.6. The highest BCUT2D eigenvalue weighted by atomic mass is 16.5. The number of aromatic nitrogens is 2. The third-order valence-electron chi connectivity index (χ3n) is 2.61. The Bertz CT molecular complexity index is 419. The minimum Gasteiger partial charge on any atom is -0.366 e. The standard InChI is InChI=1S/C14H25N3O2/c1-11-9-12(2)17(16-11)8-6-7-15-13(18)10-19-14(3,4)5/h9H,6-8,10H2,1-5H3,(H,15,18). The topological polar surface area (TPSA) is 56.2 Å². The average molecular weight is 267 g/mol. The lowest BCUT2D eigenvalue weighted by atomic mass is 10.2. The van der Waals surface area contributed by atoms with Crippen LogP contribution in [0.2, 0.25) is 0 Å². The van der Waals surface area contributed by atoms with Crippen molar-refractivity contribution >= 4 is 5.91 Å². The fourth-order valence-electron chi connectivity index (χ4n) is 1.69. The van der Waals surface area contributed by atoms with E-state index in [9.17, 15) is 4.79 Å². The minimum absolute atomic E-state index is 0.0664. The quantitative estimate of drug-likeness (QED) is 0.800. The zero-order valence-electron chi connectivity index (χ0n) is 12.6. The van der Waals surface area contributed by atoms with Crippen molar-refractivity contribution in [3.8, 4) is 0 Å². The smallest absolute Gasteiger partial charge is 0.246 e. The maximum absolute atomic E-state index is 11.5. The first kappa shape index (κ1) is 15.7. The Morgan fingerprint density at radius 2 is 2.11 bits per heavy atom. The molecule has 0 unspecified atom stereocenters. The molecule has 1 rings (SSSR count). The van der Waals surface area contributed by atoms with Gasteiger partial charge in [0.25, 0.3) is 0 Å². The van der Waals surface area contributed by atoms with Gasteiger partial charge in [0, 0.05) is 18.8 Å². The molecular formula is C14H25N3O2. The van der Waals surface area contributed by atoms with Crippen molar-refractivity contribution in [2.24, 2.45) is 0 Å². The second kappa shape index (κ2) is 6.70. The molecule has 0 aliphatic carbocycles. The summed E-state index contributed by atoms with van der Waals surface area (Å²) in [7, 11) is 0. The van der Waals surface area contributed by atoms with Gasteiger partial charge in [0.05, 0.1) is 11.3 Å². The van der Waals surface area contributed by atoms with E-state index in [1.54, 1.807) is 0 Å². The Balaban J connectivity index is 2.17. The van der Waals surface area contributed by atoms with E-state index in [1.807, 2.05) is 39.3 Å². The average Bonchev–Trinajstić information content (AvgIpc) is 2.60. The fourth-order valence-corrected chi connectivity index (χ4v) is 1.69. The van der Waals surface area contributed by atoms with E-state index < -0.39 is 0 Å². The SMILES string of the molecule is Cc1cc(C)n(CCCNC(=O)COC(C)(C)C)n1. The number of hydrogen-bond donors (Lipinski definition) is 1. The summed E-state index contributed by atoms with van der Waals surface area (Å²) in [6.45, 7) is 11.4. The maximum Gasteiger partial charge on any atom is 0.246 e. The largest absolute Gasteiger partial charge is 0.366 e. The first-order valence-corrected chi connectivity index (χ1v) is 6.69. The number of amides is 1. The van der Waals surface area contributed by atoms with Crippen molar-refractivity contribution in [3.63, 3.8) is 0 Å². The molecule has 0 bridgehead atoms. The molecule has 0 saturated carbocycles. The van der Waals surface area contributed by atoms with Crippen LogP contribution in [0, 0.1) is 13.8 Å². The molecule has 0 fully saturated rings. The van der Waals surface area contributed by atoms with Gasteiger partial charge in [-0.1, -0.05) is 0 Å². The zero-order valence-corrected chi connectivity index (χ0v) is 12.6. The van der Waals surface area contributed by atoms with E-state index in [4.69, 9.17) is 4.74 Å². The lowest BCUT2D eigenvalue weighted by molar-refractivity contribution is -0.130. The van der Waals surface area contributed by atoms with E-state index in [0.29, 0.717) is 6.54 Å². The molecule has 0 saturated heterocycles. The van der Waals surface area contributed by atoms with Gasteiger partial charge in [-0.2, -0.15) is 5.10 Å². The lowest BCUT2D eigenvalue weighted by Gasteiger charge is -2.18. The van der Waals surface area contributed by atoms with Gasteiger partial charge in [0.1, 0.15) is 6.61 Å². The fraction of sp³-hybridized carbons (Fsp3) is 0.714. The van der Waals surface area contributed by atoms with Crippen LogP contribution in [-0.4, -0.2) is 34.4 Å². The molecule has 1 heterocycles. The second-order valence-corrected chi connectivity index (χ2v) is 5.75. The van der Waals surface area contributed by atoms with Gasteiger partial charge in [-0.25, -0.2) is 0 Å². The molecule has 5 heteroatoms. The Morgan fingerprint density at radius 3 is 2.63 bits per heavy atom. The second-order valence-electron chi connectivity index (χ2n) is 5.75. The molecule has 1 N–H and O–H groups in total. The molecule has 0 atom stereocenters. The van der Waals surface area contributed by atoms with E-state index in [0.717, 1.165) is 24.4 Å². The van der Waals surface area contributed by atoms with Gasteiger partial charge in [0.2, 0.25) is 5.91 Å². The number of aryl methyl sites for hydroxylation is 3. The Morgan fingerprint density at radius 1 is 1.42 bits per heavy atom. The number of hydrogen-bond acceptors (Lipinski definition) is 3. The zero-order chi connectivity index (χ0) is 14.5. The third kappa shape index (κ3) is 6.38. The Hall–Kier alpha value is -1.36. The van der Waals surface area contributed by atoms with Crippen LogP contribution in [0.25, 0.3) is 0 Å². The van der Waals surface area contributed by atoms with E-state index in [1.165, 1.54) is 0 Å². The molecule has 108 valence electrons. The summed E-state index contributed by atoms with van der Waals surface area (Å²) in [6, 6.07) is 2.05. The maximum atomic E-state index is 11.5. The van der Waals surface area contributed by atoms with Crippen LogP contribution >= 0.6 is 0 Å². The summed E-state index contributed by atoms with van der Waals surface area (Å²) < 4.78 is 7.36. The Kier molecular flexibility index (Phi) is 5.54. The number of nitrogens with zero attached hydrogens (tertiary/aromatic N) is 2. The van der Waals surface area contributed by atoms with E-state index >= 15 is 0 Å². The summed E-state index contributed by atoms with van der Waals surface area (Å²) in [5, 5.41) is 7.22. The van der Waals surface area contributed by atoms with Gasteiger partial charge >= 0.3 is 0 Å². The van der Waals surface area contributed by atoms with Gasteiger partial charge < -0.3 is 10.1 Å². The van der Waals surface area contributed by atoms with Crippen molar-refractivity contribution in [2.45, 2.75) is 53.2 Å². The van der Waals surface area contributed by atoms with Crippen molar-refractivity contribution in [1.82, 2.24) is 15.1 Å². The van der Waals surface area contributed by atoms with Gasteiger partial charge in [-0.05, 0) is 47.1 Å². The minimum atomic E-state index is -0.277. The van der Waals surface area contributed by atoms with Crippen molar-refractivity contribution in [1.29, 1.82) is 0 Å².